The Balaban J connectivity index is 1.93. The molecule has 3 rings (SSSR count). The van der Waals surface area contributed by atoms with Gasteiger partial charge in [-0.3, -0.25) is 9.59 Å². The maximum absolute atomic E-state index is 13.7. The zero-order chi connectivity index (χ0) is 26.1. The topological polar surface area (TPSA) is 58.6 Å². The predicted octanol–water partition coefficient (Wildman–Crippen LogP) is 6.34. The summed E-state index contributed by atoms with van der Waals surface area (Å²) in [6, 6.07) is 22.1. The second-order valence-corrected chi connectivity index (χ2v) is 10.2. The summed E-state index contributed by atoms with van der Waals surface area (Å²) in [5, 5.41) is 3.48. The Morgan fingerprint density at radius 2 is 1.75 bits per heavy atom. The van der Waals surface area contributed by atoms with E-state index in [1.165, 1.54) is 0 Å². The van der Waals surface area contributed by atoms with E-state index in [2.05, 4.69) is 21.2 Å². The highest BCUT2D eigenvalue weighted by Crippen LogP contribution is 2.28. The normalized spacial score (nSPS) is 12.5. The van der Waals surface area contributed by atoms with Crippen molar-refractivity contribution < 1.29 is 14.3 Å². The van der Waals surface area contributed by atoms with Gasteiger partial charge >= 0.3 is 0 Å². The van der Waals surface area contributed by atoms with Crippen LogP contribution in [-0.2, 0) is 22.6 Å². The molecule has 0 saturated heterocycles. The number of ether oxygens (including phenoxy) is 1. The number of benzene rings is 3. The Morgan fingerprint density at radius 3 is 2.42 bits per heavy atom. The van der Waals surface area contributed by atoms with Gasteiger partial charge in [0.15, 0.2) is 6.61 Å². The van der Waals surface area contributed by atoms with Gasteiger partial charge in [-0.15, -0.1) is 0 Å². The minimum absolute atomic E-state index is 0.0102. The van der Waals surface area contributed by atoms with Crippen LogP contribution >= 0.6 is 27.5 Å². The van der Waals surface area contributed by atoms with Gasteiger partial charge in [-0.1, -0.05) is 89.1 Å². The fourth-order valence-corrected chi connectivity index (χ4v) is 4.51. The molecule has 7 heteroatoms. The molecule has 1 N–H and O–H groups in total. The number of carbonyl (C=O) groups excluding carboxylic acids is 2. The summed E-state index contributed by atoms with van der Waals surface area (Å²) in [4.78, 5) is 28.8. The van der Waals surface area contributed by atoms with Crippen LogP contribution in [-0.4, -0.2) is 35.4 Å². The summed E-state index contributed by atoms with van der Waals surface area (Å²) >= 11 is 9.67. The summed E-state index contributed by atoms with van der Waals surface area (Å²) in [5.74, 6) is -0.0676. The number of rotatable bonds is 11. The van der Waals surface area contributed by atoms with Crippen LogP contribution < -0.4 is 10.1 Å². The Morgan fingerprint density at radius 1 is 1.06 bits per heavy atom. The largest absolute Gasteiger partial charge is 0.482 e. The van der Waals surface area contributed by atoms with E-state index in [4.69, 9.17) is 16.3 Å². The van der Waals surface area contributed by atoms with Crippen LogP contribution in [0, 0.1) is 6.92 Å². The number of amides is 2. The van der Waals surface area contributed by atoms with E-state index in [9.17, 15) is 9.59 Å². The van der Waals surface area contributed by atoms with Crippen molar-refractivity contribution in [2.24, 2.45) is 0 Å². The van der Waals surface area contributed by atoms with Crippen LogP contribution in [0.3, 0.4) is 0 Å². The molecule has 0 spiro atoms. The first-order valence-electron chi connectivity index (χ1n) is 12.0. The molecule has 2 atom stereocenters. The summed E-state index contributed by atoms with van der Waals surface area (Å²) in [6.07, 6.45) is 1.18. The molecule has 0 aliphatic heterocycles. The minimum Gasteiger partial charge on any atom is -0.482 e. The zero-order valence-electron chi connectivity index (χ0n) is 20.8. The van der Waals surface area contributed by atoms with E-state index in [1.54, 1.807) is 23.1 Å². The Labute approximate surface area is 226 Å². The molecular weight excluding hydrogens is 540 g/mol. The van der Waals surface area contributed by atoms with Gasteiger partial charge in [0.25, 0.3) is 5.91 Å². The molecule has 5 nitrogen and oxygen atoms in total. The van der Waals surface area contributed by atoms with Crippen molar-refractivity contribution in [3.05, 3.63) is 99.0 Å². The Hall–Kier alpha value is -2.83. The third-order valence-corrected chi connectivity index (χ3v) is 6.91. The van der Waals surface area contributed by atoms with Crippen LogP contribution in [0.5, 0.6) is 5.75 Å². The lowest BCUT2D eigenvalue weighted by Gasteiger charge is -2.32. The lowest BCUT2D eigenvalue weighted by atomic mass is 10.0. The maximum Gasteiger partial charge on any atom is 0.261 e. The van der Waals surface area contributed by atoms with Gasteiger partial charge in [-0.05, 0) is 55.2 Å². The fraction of sp³-hybridized carbons (Fsp3) is 0.310. The van der Waals surface area contributed by atoms with Crippen molar-refractivity contribution in [2.75, 3.05) is 6.61 Å². The molecule has 0 aliphatic carbocycles. The van der Waals surface area contributed by atoms with Crippen LogP contribution in [0.1, 0.15) is 37.0 Å². The predicted molar refractivity (Wildman–Crippen MR) is 148 cm³/mol. The smallest absolute Gasteiger partial charge is 0.261 e. The second kappa shape index (κ2) is 13.5. The molecule has 0 fully saturated rings. The van der Waals surface area contributed by atoms with Gasteiger partial charge in [0.05, 0.1) is 5.02 Å². The van der Waals surface area contributed by atoms with E-state index in [0.29, 0.717) is 17.2 Å². The first kappa shape index (κ1) is 27.8. The average molecular weight is 572 g/mol. The monoisotopic (exact) mass is 570 g/mol. The number of halogens is 2. The minimum atomic E-state index is -0.711. The number of aryl methyl sites for hydroxylation is 1. The number of hydrogen-bond acceptors (Lipinski definition) is 3. The molecule has 0 heterocycles. The van der Waals surface area contributed by atoms with Crippen molar-refractivity contribution in [1.82, 2.24) is 10.2 Å². The van der Waals surface area contributed by atoms with Gasteiger partial charge < -0.3 is 15.0 Å². The lowest BCUT2D eigenvalue weighted by Crippen LogP contribution is -2.53. The van der Waals surface area contributed by atoms with Crippen LogP contribution in [0.25, 0.3) is 0 Å². The van der Waals surface area contributed by atoms with Crippen molar-refractivity contribution in [1.29, 1.82) is 0 Å². The molecule has 2 amide bonds. The SMILES string of the molecule is CC[C@H](C)NC(=O)[C@@H](Cc1ccccc1)N(Cc1ccccc1C)C(=O)COc1ccc(Br)cc1Cl. The molecule has 36 heavy (non-hydrogen) atoms. The highest BCUT2D eigenvalue weighted by Gasteiger charge is 2.31. The standard InChI is InChI=1S/C29H32BrClN2O3/c1-4-21(3)32-29(35)26(16-22-11-6-5-7-12-22)33(18-23-13-9-8-10-20(23)2)28(34)19-36-27-15-14-24(30)17-25(27)31/h5-15,17,21,26H,4,16,18-19H2,1-3H3,(H,32,35)/t21-,26+/m0/s1. The molecule has 0 aromatic heterocycles. The van der Waals surface area contributed by atoms with Crippen molar-refractivity contribution >= 4 is 39.3 Å². The summed E-state index contributed by atoms with van der Waals surface area (Å²) in [5.41, 5.74) is 3.00. The Kier molecular flexibility index (Phi) is 10.4. The number of nitrogens with one attached hydrogen (secondary N) is 1. The van der Waals surface area contributed by atoms with Crippen molar-refractivity contribution in [3.8, 4) is 5.75 Å². The first-order valence-corrected chi connectivity index (χ1v) is 13.2. The number of nitrogens with zero attached hydrogens (tertiary/aromatic N) is 1. The van der Waals surface area contributed by atoms with Gasteiger partial charge in [0, 0.05) is 23.5 Å². The van der Waals surface area contributed by atoms with Crippen molar-refractivity contribution in [2.45, 2.75) is 52.2 Å². The van der Waals surface area contributed by atoms with Crippen LogP contribution in [0.2, 0.25) is 5.02 Å². The van der Waals surface area contributed by atoms with Gasteiger partial charge in [-0.2, -0.15) is 0 Å². The van der Waals surface area contributed by atoms with Gasteiger partial charge in [-0.25, -0.2) is 0 Å². The van der Waals surface area contributed by atoms with Crippen LogP contribution in [0.4, 0.5) is 0 Å². The highest BCUT2D eigenvalue weighted by atomic mass is 79.9. The number of hydrogen-bond donors (Lipinski definition) is 1. The number of carbonyl (C=O) groups is 2. The summed E-state index contributed by atoms with van der Waals surface area (Å²) in [7, 11) is 0. The van der Waals surface area contributed by atoms with Crippen LogP contribution in [0.15, 0.2) is 77.3 Å². The Bertz CT molecular complexity index is 1170. The molecule has 0 aliphatic rings. The van der Waals surface area contributed by atoms with E-state index in [1.807, 2.05) is 75.4 Å². The van der Waals surface area contributed by atoms with E-state index in [-0.39, 0.29) is 31.0 Å². The zero-order valence-corrected chi connectivity index (χ0v) is 23.2. The molecule has 0 saturated carbocycles. The molecular formula is C29H32BrClN2O3. The lowest BCUT2D eigenvalue weighted by molar-refractivity contribution is -0.143. The maximum atomic E-state index is 13.7. The molecule has 190 valence electrons. The highest BCUT2D eigenvalue weighted by molar-refractivity contribution is 9.10. The van der Waals surface area contributed by atoms with Gasteiger partial charge in [0.2, 0.25) is 5.91 Å². The molecule has 3 aromatic rings. The molecule has 0 radical (unpaired) electrons. The average Bonchev–Trinajstić information content (AvgIpc) is 2.87. The quantitative estimate of drug-likeness (QED) is 0.292. The van der Waals surface area contributed by atoms with Gasteiger partial charge in [0.1, 0.15) is 11.8 Å². The summed E-state index contributed by atoms with van der Waals surface area (Å²) < 4.78 is 6.63. The third-order valence-electron chi connectivity index (χ3n) is 6.12. The first-order chi connectivity index (χ1) is 17.3. The second-order valence-electron chi connectivity index (χ2n) is 8.83. The molecule has 3 aromatic carbocycles. The fourth-order valence-electron chi connectivity index (χ4n) is 3.78. The molecule has 0 unspecified atom stereocenters. The third kappa shape index (κ3) is 7.84. The molecule has 0 bridgehead atoms. The van der Waals surface area contributed by atoms with E-state index < -0.39 is 6.04 Å². The van der Waals surface area contributed by atoms with E-state index >= 15 is 0 Å². The van der Waals surface area contributed by atoms with E-state index in [0.717, 1.165) is 27.6 Å². The van der Waals surface area contributed by atoms with Crippen molar-refractivity contribution in [3.63, 3.8) is 0 Å². The summed E-state index contributed by atoms with van der Waals surface area (Å²) in [6.45, 7) is 6.03.